The molecule has 2 aliphatic heterocycles. The number of piperidine rings is 1. The predicted molar refractivity (Wildman–Crippen MR) is 109 cm³/mol. The minimum atomic E-state index is -2.27. The Hall–Kier alpha value is -1.43. The van der Waals surface area contributed by atoms with Gasteiger partial charge in [-0.25, -0.2) is 9.59 Å². The fourth-order valence-corrected chi connectivity index (χ4v) is 5.94. The van der Waals surface area contributed by atoms with Crippen LogP contribution in [-0.4, -0.2) is 88.1 Å². The van der Waals surface area contributed by atoms with E-state index in [-0.39, 0.29) is 55.0 Å². The average molecular weight is 489 g/mol. The topological polar surface area (TPSA) is 154 Å². The van der Waals surface area contributed by atoms with Gasteiger partial charge in [0, 0.05) is 61.2 Å². The van der Waals surface area contributed by atoms with Gasteiger partial charge in [-0.1, -0.05) is 6.07 Å². The number of likely N-dealkylation sites (N-methyl/N-ethyl adjacent to an activating group) is 1. The van der Waals surface area contributed by atoms with Crippen molar-refractivity contribution in [2.45, 2.75) is 55.5 Å². The average Bonchev–Trinajstić information content (AvgIpc) is 3.12. The predicted octanol–water partition coefficient (Wildman–Crippen LogP) is -0.189. The standard InChI is InChI=1S/C18H21NO3.C4H6O6.Ar/c1-19-8-7-18-11-4-5-13(20)17(18)22-16-14(21-2)6-3-10(15(16)18)9-12(11)19;5-1(3(7)8)2(6)4(9)10;/h3,6,11-12,17H,4-5,7-9H2,1-2H3;1-2,5-6H,(H,7,8)(H,9,10);/t11-,12+,17-,18-;;/m0../s1. The summed E-state index contributed by atoms with van der Waals surface area (Å²) in [6, 6.07) is 4.73. The van der Waals surface area contributed by atoms with E-state index in [1.54, 1.807) is 7.11 Å². The maximum Gasteiger partial charge on any atom is 0.335 e. The van der Waals surface area contributed by atoms with Crippen LogP contribution in [0.5, 0.6) is 11.5 Å². The molecule has 182 valence electrons. The molecular formula is C22H27ArNO9. The zero-order valence-corrected chi connectivity index (χ0v) is 18.9. The first-order valence-corrected chi connectivity index (χ1v) is 10.5. The van der Waals surface area contributed by atoms with Crippen molar-refractivity contribution >= 4 is 17.7 Å². The van der Waals surface area contributed by atoms with E-state index in [1.165, 1.54) is 11.1 Å². The van der Waals surface area contributed by atoms with Gasteiger partial charge in [-0.05, 0) is 50.4 Å². The van der Waals surface area contributed by atoms with E-state index in [1.807, 2.05) is 6.07 Å². The smallest absolute Gasteiger partial charge is 0.335 e. The molecule has 4 aliphatic rings. The number of carbonyl (C=O) groups excluding carboxylic acids is 1. The third kappa shape index (κ3) is 4.04. The molecule has 5 rings (SSSR count). The van der Waals surface area contributed by atoms with Gasteiger partial charge in [0.25, 0.3) is 0 Å². The number of aliphatic hydroxyl groups is 2. The van der Waals surface area contributed by atoms with Gasteiger partial charge in [0.2, 0.25) is 0 Å². The molecular weight excluding hydrogens is 462 g/mol. The summed E-state index contributed by atoms with van der Waals surface area (Å²) in [4.78, 5) is 34.7. The molecule has 10 nitrogen and oxygen atoms in total. The zero-order chi connectivity index (χ0) is 23.4. The molecule has 2 fully saturated rings. The zero-order valence-electron chi connectivity index (χ0n) is 18.2. The first-order chi connectivity index (χ1) is 15.1. The number of hydrogen-bond donors (Lipinski definition) is 4. The number of carbonyl (C=O) groups is 3. The van der Waals surface area contributed by atoms with E-state index >= 15 is 0 Å². The number of hydrogen-bond acceptors (Lipinski definition) is 8. The molecule has 1 aromatic rings. The molecule has 1 spiro atoms. The SMILES string of the molecule is COc1ccc2c3c1O[C@H]1C(=O)CC[C@H]4[C@@H](C2)N(C)CC[C@]314.O=C(O)C(O)C(O)C(=O)O.[Ar]. The Morgan fingerprint density at radius 2 is 1.85 bits per heavy atom. The third-order valence-corrected chi connectivity index (χ3v) is 7.40. The largest absolute Gasteiger partial charge is 0.493 e. The second-order valence-electron chi connectivity index (χ2n) is 8.85. The number of carboxylic acids is 2. The number of ether oxygens (including phenoxy) is 2. The Morgan fingerprint density at radius 1 is 1.21 bits per heavy atom. The van der Waals surface area contributed by atoms with Crippen molar-refractivity contribution in [2.75, 3.05) is 20.7 Å². The molecule has 1 saturated carbocycles. The summed E-state index contributed by atoms with van der Waals surface area (Å²) in [6.45, 7) is 1.05. The van der Waals surface area contributed by atoms with Crippen LogP contribution in [0.25, 0.3) is 0 Å². The van der Waals surface area contributed by atoms with E-state index in [0.717, 1.165) is 37.3 Å². The van der Waals surface area contributed by atoms with Crippen molar-refractivity contribution in [3.8, 4) is 11.5 Å². The van der Waals surface area contributed by atoms with Crippen LogP contribution >= 0.6 is 0 Å². The number of methoxy groups -OCH3 is 1. The Morgan fingerprint density at radius 3 is 2.42 bits per heavy atom. The van der Waals surface area contributed by atoms with Crippen LogP contribution < -0.4 is 9.47 Å². The third-order valence-electron chi connectivity index (χ3n) is 7.40. The minimum Gasteiger partial charge on any atom is -0.493 e. The molecule has 0 radical (unpaired) electrons. The van der Waals surface area contributed by atoms with E-state index in [9.17, 15) is 14.4 Å². The second kappa shape index (κ2) is 9.67. The fraction of sp³-hybridized carbons (Fsp3) is 0.591. The van der Waals surface area contributed by atoms with E-state index in [4.69, 9.17) is 29.9 Å². The minimum absolute atomic E-state index is 0. The molecule has 2 heterocycles. The van der Waals surface area contributed by atoms with Crippen molar-refractivity contribution in [1.29, 1.82) is 0 Å². The molecule has 1 saturated heterocycles. The molecule has 2 bridgehead atoms. The Labute approximate surface area is 220 Å². The van der Waals surface area contributed by atoms with Crippen LogP contribution in [0, 0.1) is 43.7 Å². The number of aliphatic hydroxyl groups excluding tert-OH is 2. The Kier molecular flexibility index (Phi) is 7.67. The molecule has 6 atom stereocenters. The van der Waals surface area contributed by atoms with Gasteiger partial charge in [-0.2, -0.15) is 0 Å². The van der Waals surface area contributed by atoms with Crippen LogP contribution in [0.3, 0.4) is 0 Å². The molecule has 0 amide bonds. The van der Waals surface area contributed by atoms with E-state index in [0.29, 0.717) is 18.4 Å². The molecule has 2 unspecified atom stereocenters. The number of Topliss-reactive ketones (excluding diaryl/α,β-unsaturated/α-hetero) is 1. The number of carboxylic acid groups (broad SMARTS) is 2. The van der Waals surface area contributed by atoms with Gasteiger partial charge in [0.1, 0.15) is 0 Å². The van der Waals surface area contributed by atoms with Gasteiger partial charge in [-0.15, -0.1) is 0 Å². The molecule has 11 heteroatoms. The Balaban J connectivity index is 0.000000241. The summed E-state index contributed by atoms with van der Waals surface area (Å²) in [5, 5.41) is 32.5. The molecule has 0 aromatic heterocycles. The molecule has 4 N–H and O–H groups in total. The number of benzene rings is 1. The van der Waals surface area contributed by atoms with Crippen LogP contribution in [0.15, 0.2) is 12.1 Å². The summed E-state index contributed by atoms with van der Waals surface area (Å²) in [5.74, 6) is -1.08. The summed E-state index contributed by atoms with van der Waals surface area (Å²) < 4.78 is 11.8. The Bertz CT molecular complexity index is 951. The van der Waals surface area contributed by atoms with Crippen LogP contribution in [0.2, 0.25) is 0 Å². The number of nitrogens with zero attached hydrogens (tertiary/aromatic N) is 1. The number of aliphatic carboxylic acids is 2. The van der Waals surface area contributed by atoms with Crippen LogP contribution in [-0.2, 0) is 26.2 Å². The molecule has 2 aliphatic carbocycles. The van der Waals surface area contributed by atoms with Crippen molar-refractivity contribution in [1.82, 2.24) is 4.90 Å². The van der Waals surface area contributed by atoms with Gasteiger partial charge in [0.15, 0.2) is 35.6 Å². The first-order valence-electron chi connectivity index (χ1n) is 10.5. The van der Waals surface area contributed by atoms with Crippen LogP contribution in [0.4, 0.5) is 0 Å². The maximum absolute atomic E-state index is 12.6. The van der Waals surface area contributed by atoms with Gasteiger partial charge in [-0.3, -0.25) is 4.79 Å². The van der Waals surface area contributed by atoms with Gasteiger partial charge in [0.05, 0.1) is 7.11 Å². The normalized spacial score (nSPS) is 30.4. The molecule has 33 heavy (non-hydrogen) atoms. The quantitative estimate of drug-likeness (QED) is 0.448. The second-order valence-corrected chi connectivity index (χ2v) is 8.85. The number of rotatable bonds is 4. The number of ketones is 1. The van der Waals surface area contributed by atoms with E-state index in [2.05, 4.69) is 18.0 Å². The van der Waals surface area contributed by atoms with Gasteiger partial charge < -0.3 is 34.8 Å². The first kappa shape index (κ1) is 26.2. The molecule has 1 aromatic carbocycles. The van der Waals surface area contributed by atoms with Crippen molar-refractivity contribution in [3.63, 3.8) is 0 Å². The van der Waals surface area contributed by atoms with E-state index < -0.39 is 24.1 Å². The summed E-state index contributed by atoms with van der Waals surface area (Å²) in [5.41, 5.74) is 2.57. The fourth-order valence-electron chi connectivity index (χ4n) is 5.94. The summed E-state index contributed by atoms with van der Waals surface area (Å²) in [6.07, 6.45) is -1.06. The monoisotopic (exact) mass is 489 g/mol. The summed E-state index contributed by atoms with van der Waals surface area (Å²) in [7, 11) is 3.91. The van der Waals surface area contributed by atoms with Crippen molar-refractivity contribution in [2.24, 2.45) is 5.92 Å². The maximum atomic E-state index is 12.6. The number of likely N-dealkylation sites (tertiary alicyclic amines) is 1. The van der Waals surface area contributed by atoms with Gasteiger partial charge >= 0.3 is 11.9 Å². The summed E-state index contributed by atoms with van der Waals surface area (Å²) >= 11 is 0. The van der Waals surface area contributed by atoms with Crippen molar-refractivity contribution in [3.05, 3.63) is 23.3 Å². The van der Waals surface area contributed by atoms with Crippen molar-refractivity contribution < 1.29 is 82.0 Å². The van der Waals surface area contributed by atoms with Crippen LogP contribution in [0.1, 0.15) is 30.4 Å².